The molecular formula is C16H23Cl2N3O. The van der Waals surface area contributed by atoms with Gasteiger partial charge in [-0.1, -0.05) is 13.0 Å². The summed E-state index contributed by atoms with van der Waals surface area (Å²) in [5, 5.41) is 8.27. The molecule has 0 saturated heterocycles. The summed E-state index contributed by atoms with van der Waals surface area (Å²) < 4.78 is 0. The molecule has 1 amide bonds. The quantitative estimate of drug-likeness (QED) is 0.871. The summed E-state index contributed by atoms with van der Waals surface area (Å²) >= 11 is 0. The van der Waals surface area contributed by atoms with E-state index in [0.717, 1.165) is 22.9 Å². The summed E-state index contributed by atoms with van der Waals surface area (Å²) in [6.45, 7) is 4.03. The predicted octanol–water partition coefficient (Wildman–Crippen LogP) is 3.65. The maximum Gasteiger partial charge on any atom is 0.227 e. The van der Waals surface area contributed by atoms with E-state index in [-0.39, 0.29) is 36.6 Å². The third kappa shape index (κ3) is 5.44. The van der Waals surface area contributed by atoms with E-state index in [0.29, 0.717) is 6.04 Å². The lowest BCUT2D eigenvalue weighted by atomic mass is 10.0. The first kappa shape index (κ1) is 20.6. The van der Waals surface area contributed by atoms with Gasteiger partial charge in [0.1, 0.15) is 0 Å². The van der Waals surface area contributed by atoms with E-state index in [4.69, 9.17) is 0 Å². The van der Waals surface area contributed by atoms with E-state index < -0.39 is 0 Å². The number of hydrogen-bond acceptors (Lipinski definition) is 3. The highest BCUT2D eigenvalue weighted by molar-refractivity contribution is 5.95. The van der Waals surface area contributed by atoms with Gasteiger partial charge in [-0.25, -0.2) is 0 Å². The van der Waals surface area contributed by atoms with Crippen molar-refractivity contribution in [1.29, 1.82) is 0 Å². The molecule has 122 valence electrons. The lowest BCUT2D eigenvalue weighted by Crippen LogP contribution is -2.29. The van der Waals surface area contributed by atoms with E-state index in [9.17, 15) is 4.79 Å². The lowest BCUT2D eigenvalue weighted by Gasteiger charge is -2.16. The van der Waals surface area contributed by atoms with Crippen LogP contribution in [0, 0.1) is 5.92 Å². The van der Waals surface area contributed by atoms with Crippen LogP contribution in [0.15, 0.2) is 36.7 Å². The zero-order valence-corrected chi connectivity index (χ0v) is 14.6. The standard InChI is InChI=1S/C16H21N3O.2ClH/c1-11(8-12(2)17-3)16(20)19-15-5-4-13-6-7-18-10-14(13)9-15;;/h4-7,9-12,17H,8H2,1-3H3,(H,19,20);2*1H. The van der Waals surface area contributed by atoms with Crippen molar-refractivity contribution >= 4 is 47.2 Å². The number of carbonyl (C=O) groups is 1. The monoisotopic (exact) mass is 343 g/mol. The van der Waals surface area contributed by atoms with Crippen molar-refractivity contribution in [1.82, 2.24) is 10.3 Å². The fourth-order valence-electron chi connectivity index (χ4n) is 2.18. The molecule has 0 spiro atoms. The molecule has 1 heterocycles. The molecule has 0 aliphatic carbocycles. The third-order valence-corrected chi connectivity index (χ3v) is 3.56. The van der Waals surface area contributed by atoms with Crippen molar-refractivity contribution in [3.8, 4) is 0 Å². The Morgan fingerprint density at radius 1 is 1.18 bits per heavy atom. The topological polar surface area (TPSA) is 54.0 Å². The van der Waals surface area contributed by atoms with E-state index in [2.05, 4.69) is 22.5 Å². The Kier molecular flexibility index (Phi) is 9.02. The van der Waals surface area contributed by atoms with Crippen LogP contribution in [0.25, 0.3) is 10.8 Å². The third-order valence-electron chi connectivity index (χ3n) is 3.56. The van der Waals surface area contributed by atoms with Crippen LogP contribution in [-0.2, 0) is 4.79 Å². The molecule has 2 atom stereocenters. The molecular weight excluding hydrogens is 321 g/mol. The normalized spacial score (nSPS) is 12.7. The number of pyridine rings is 1. The molecule has 1 aromatic heterocycles. The van der Waals surface area contributed by atoms with Crippen molar-refractivity contribution < 1.29 is 4.79 Å². The van der Waals surface area contributed by atoms with Gasteiger partial charge in [0, 0.05) is 35.4 Å². The molecule has 0 aliphatic heterocycles. The average molecular weight is 344 g/mol. The molecule has 0 bridgehead atoms. The minimum atomic E-state index is -0.0259. The number of hydrogen-bond donors (Lipinski definition) is 2. The van der Waals surface area contributed by atoms with Crippen molar-refractivity contribution in [2.24, 2.45) is 5.92 Å². The first-order chi connectivity index (χ1) is 9.60. The molecule has 0 saturated carbocycles. The van der Waals surface area contributed by atoms with Gasteiger partial charge in [0.25, 0.3) is 0 Å². The fourth-order valence-corrected chi connectivity index (χ4v) is 2.18. The predicted molar refractivity (Wildman–Crippen MR) is 97.2 cm³/mol. The first-order valence-corrected chi connectivity index (χ1v) is 6.92. The molecule has 2 unspecified atom stereocenters. The number of benzene rings is 1. The van der Waals surface area contributed by atoms with Gasteiger partial charge in [0.15, 0.2) is 0 Å². The molecule has 0 radical (unpaired) electrons. The summed E-state index contributed by atoms with van der Waals surface area (Å²) in [5.74, 6) is 0.0254. The fraction of sp³-hybridized carbons (Fsp3) is 0.375. The van der Waals surface area contributed by atoms with Crippen molar-refractivity contribution in [2.45, 2.75) is 26.3 Å². The van der Waals surface area contributed by atoms with Gasteiger partial charge in [-0.05, 0) is 44.0 Å². The Morgan fingerprint density at radius 2 is 1.91 bits per heavy atom. The molecule has 2 N–H and O–H groups in total. The molecule has 4 nitrogen and oxygen atoms in total. The molecule has 0 aliphatic rings. The Bertz CT molecular complexity index is 607. The van der Waals surface area contributed by atoms with Crippen molar-refractivity contribution in [3.63, 3.8) is 0 Å². The summed E-state index contributed by atoms with van der Waals surface area (Å²) in [5.41, 5.74) is 0.819. The largest absolute Gasteiger partial charge is 0.326 e. The van der Waals surface area contributed by atoms with Crippen LogP contribution in [0.4, 0.5) is 5.69 Å². The minimum absolute atomic E-state index is 0. The van der Waals surface area contributed by atoms with Crippen molar-refractivity contribution in [2.75, 3.05) is 12.4 Å². The maximum absolute atomic E-state index is 12.1. The molecule has 2 rings (SSSR count). The lowest BCUT2D eigenvalue weighted by molar-refractivity contribution is -0.119. The average Bonchev–Trinajstić information content (AvgIpc) is 2.46. The van der Waals surface area contributed by atoms with Gasteiger partial charge in [0.2, 0.25) is 5.91 Å². The Hall–Kier alpha value is -1.36. The Labute approximate surface area is 143 Å². The van der Waals surface area contributed by atoms with E-state index >= 15 is 0 Å². The Morgan fingerprint density at radius 3 is 2.59 bits per heavy atom. The number of carbonyl (C=O) groups excluding carboxylic acids is 1. The molecule has 6 heteroatoms. The van der Waals surface area contributed by atoms with Crippen LogP contribution in [0.2, 0.25) is 0 Å². The van der Waals surface area contributed by atoms with Gasteiger partial charge in [-0.15, -0.1) is 24.8 Å². The second-order valence-electron chi connectivity index (χ2n) is 5.25. The smallest absolute Gasteiger partial charge is 0.227 e. The van der Waals surface area contributed by atoms with E-state index in [1.54, 1.807) is 12.4 Å². The van der Waals surface area contributed by atoms with Crippen LogP contribution < -0.4 is 10.6 Å². The highest BCUT2D eigenvalue weighted by Crippen LogP contribution is 2.19. The molecule has 22 heavy (non-hydrogen) atoms. The van der Waals surface area contributed by atoms with E-state index in [1.165, 1.54) is 0 Å². The second kappa shape index (κ2) is 9.62. The van der Waals surface area contributed by atoms with Gasteiger partial charge < -0.3 is 10.6 Å². The van der Waals surface area contributed by atoms with Crippen LogP contribution >= 0.6 is 24.8 Å². The highest BCUT2D eigenvalue weighted by Gasteiger charge is 2.15. The van der Waals surface area contributed by atoms with Gasteiger partial charge in [0.05, 0.1) is 0 Å². The molecule has 2 aromatic rings. The number of fused-ring (bicyclic) bond motifs is 1. The second-order valence-corrected chi connectivity index (χ2v) is 5.25. The number of amides is 1. The SMILES string of the molecule is CNC(C)CC(C)C(=O)Nc1ccc2ccncc2c1.Cl.Cl. The summed E-state index contributed by atoms with van der Waals surface area (Å²) in [7, 11) is 1.91. The van der Waals surface area contributed by atoms with Crippen LogP contribution in [-0.4, -0.2) is 24.0 Å². The highest BCUT2D eigenvalue weighted by atomic mass is 35.5. The van der Waals surface area contributed by atoms with Crippen molar-refractivity contribution in [3.05, 3.63) is 36.7 Å². The van der Waals surface area contributed by atoms with Gasteiger partial charge in [-0.2, -0.15) is 0 Å². The number of aromatic nitrogens is 1. The Balaban J connectivity index is 0.00000220. The first-order valence-electron chi connectivity index (χ1n) is 6.92. The summed E-state index contributed by atoms with van der Waals surface area (Å²) in [6.07, 6.45) is 4.39. The number of nitrogens with one attached hydrogen (secondary N) is 2. The number of rotatable bonds is 5. The van der Waals surface area contributed by atoms with Crippen LogP contribution in [0.3, 0.4) is 0 Å². The molecule has 0 fully saturated rings. The summed E-state index contributed by atoms with van der Waals surface area (Å²) in [4.78, 5) is 16.2. The zero-order chi connectivity index (χ0) is 14.5. The van der Waals surface area contributed by atoms with Gasteiger partial charge in [-0.3, -0.25) is 9.78 Å². The number of anilines is 1. The van der Waals surface area contributed by atoms with Gasteiger partial charge >= 0.3 is 0 Å². The van der Waals surface area contributed by atoms with Crippen LogP contribution in [0.1, 0.15) is 20.3 Å². The number of halogens is 2. The number of nitrogens with zero attached hydrogens (tertiary/aromatic N) is 1. The summed E-state index contributed by atoms with van der Waals surface area (Å²) in [6, 6.07) is 8.16. The molecule has 1 aromatic carbocycles. The van der Waals surface area contributed by atoms with E-state index in [1.807, 2.05) is 38.2 Å². The zero-order valence-electron chi connectivity index (χ0n) is 13.0. The maximum atomic E-state index is 12.1. The van der Waals surface area contributed by atoms with Crippen LogP contribution in [0.5, 0.6) is 0 Å². The minimum Gasteiger partial charge on any atom is -0.326 e.